The Bertz CT molecular complexity index is 359. The van der Waals surface area contributed by atoms with Crippen LogP contribution in [0.15, 0.2) is 18.2 Å². The van der Waals surface area contributed by atoms with Crippen molar-refractivity contribution in [3.8, 4) is 6.07 Å². The molecule has 0 aromatic heterocycles. The number of hydrogen-bond acceptors (Lipinski definition) is 2. The van der Waals surface area contributed by atoms with E-state index in [0.717, 1.165) is 29.7 Å². The van der Waals surface area contributed by atoms with Gasteiger partial charge in [0.25, 0.3) is 0 Å². The molecule has 0 fully saturated rings. The molecule has 0 saturated carbocycles. The van der Waals surface area contributed by atoms with Crippen LogP contribution < -0.4 is 5.32 Å². The van der Waals surface area contributed by atoms with Crippen molar-refractivity contribution >= 4 is 5.69 Å². The lowest BCUT2D eigenvalue weighted by Gasteiger charge is -2.16. The molecule has 0 bridgehead atoms. The first-order valence-corrected chi connectivity index (χ1v) is 5.48. The highest BCUT2D eigenvalue weighted by Crippen LogP contribution is 2.16. The second-order valence-corrected chi connectivity index (χ2v) is 3.80. The number of aryl methyl sites for hydroxylation is 1. The summed E-state index contributed by atoms with van der Waals surface area (Å²) in [6, 6.07) is 8.59. The van der Waals surface area contributed by atoms with E-state index in [1.165, 1.54) is 0 Å². The lowest BCUT2D eigenvalue weighted by molar-refractivity contribution is 0.672. The predicted octanol–water partition coefficient (Wildman–Crippen LogP) is 3.47. The highest BCUT2D eigenvalue weighted by atomic mass is 14.9. The Labute approximate surface area is 91.9 Å². The van der Waals surface area contributed by atoms with Gasteiger partial charge in [-0.05, 0) is 43.5 Å². The van der Waals surface area contributed by atoms with E-state index in [1.807, 2.05) is 25.1 Å². The van der Waals surface area contributed by atoms with Gasteiger partial charge in [0.15, 0.2) is 0 Å². The van der Waals surface area contributed by atoms with Gasteiger partial charge in [0.2, 0.25) is 0 Å². The third-order valence-electron chi connectivity index (χ3n) is 2.70. The lowest BCUT2D eigenvalue weighted by Crippen LogP contribution is -2.16. The van der Waals surface area contributed by atoms with Gasteiger partial charge in [0.1, 0.15) is 0 Å². The van der Waals surface area contributed by atoms with Crippen molar-refractivity contribution < 1.29 is 0 Å². The van der Waals surface area contributed by atoms with Crippen molar-refractivity contribution in [1.82, 2.24) is 0 Å². The largest absolute Gasteiger partial charge is 0.382 e. The lowest BCUT2D eigenvalue weighted by atomic mass is 10.1. The molecule has 1 aromatic rings. The van der Waals surface area contributed by atoms with Crippen LogP contribution in [0.4, 0.5) is 5.69 Å². The van der Waals surface area contributed by atoms with Crippen LogP contribution in [0.25, 0.3) is 0 Å². The first kappa shape index (κ1) is 11.6. The molecule has 0 atom stereocenters. The fourth-order valence-corrected chi connectivity index (χ4v) is 1.61. The summed E-state index contributed by atoms with van der Waals surface area (Å²) in [7, 11) is 0. The highest BCUT2D eigenvalue weighted by Gasteiger charge is 2.04. The zero-order valence-corrected chi connectivity index (χ0v) is 9.67. The summed E-state index contributed by atoms with van der Waals surface area (Å²) in [6.45, 7) is 6.33. The molecular formula is C13H18N2. The molecule has 0 aliphatic carbocycles. The second-order valence-electron chi connectivity index (χ2n) is 3.80. The van der Waals surface area contributed by atoms with Crippen LogP contribution in [-0.2, 0) is 0 Å². The summed E-state index contributed by atoms with van der Waals surface area (Å²) >= 11 is 0. The quantitative estimate of drug-likeness (QED) is 0.811. The van der Waals surface area contributed by atoms with Crippen molar-refractivity contribution in [1.29, 1.82) is 5.26 Å². The molecule has 0 heterocycles. The van der Waals surface area contributed by atoms with E-state index in [2.05, 4.69) is 25.2 Å². The Kier molecular flexibility index (Phi) is 4.17. The minimum Gasteiger partial charge on any atom is -0.382 e. The fraction of sp³-hybridized carbons (Fsp3) is 0.462. The molecule has 0 amide bonds. The van der Waals surface area contributed by atoms with E-state index < -0.39 is 0 Å². The SMILES string of the molecule is CCC(CC)Nc1ccc(C#N)c(C)c1. The van der Waals surface area contributed by atoms with Gasteiger partial charge in [0, 0.05) is 11.7 Å². The maximum Gasteiger partial charge on any atom is 0.0994 e. The minimum atomic E-state index is 0.525. The number of nitriles is 1. The Morgan fingerprint density at radius 1 is 1.33 bits per heavy atom. The molecule has 15 heavy (non-hydrogen) atoms. The molecule has 1 N–H and O–H groups in total. The Balaban J connectivity index is 2.80. The van der Waals surface area contributed by atoms with Crippen LogP contribution in [0, 0.1) is 18.3 Å². The highest BCUT2D eigenvalue weighted by molar-refractivity contribution is 5.52. The van der Waals surface area contributed by atoms with E-state index in [0.29, 0.717) is 6.04 Å². The Hall–Kier alpha value is -1.49. The Morgan fingerprint density at radius 3 is 2.47 bits per heavy atom. The maximum atomic E-state index is 8.81. The van der Waals surface area contributed by atoms with Gasteiger partial charge in [-0.2, -0.15) is 5.26 Å². The first-order valence-electron chi connectivity index (χ1n) is 5.48. The second kappa shape index (κ2) is 5.41. The number of benzene rings is 1. The van der Waals surface area contributed by atoms with Crippen molar-refractivity contribution in [3.63, 3.8) is 0 Å². The number of anilines is 1. The third-order valence-corrected chi connectivity index (χ3v) is 2.70. The molecule has 0 saturated heterocycles. The summed E-state index contributed by atoms with van der Waals surface area (Å²) in [5.74, 6) is 0. The molecule has 0 aliphatic rings. The van der Waals surface area contributed by atoms with Crippen LogP contribution in [0.2, 0.25) is 0 Å². The molecule has 0 aliphatic heterocycles. The molecule has 2 nitrogen and oxygen atoms in total. The summed E-state index contributed by atoms with van der Waals surface area (Å²) in [4.78, 5) is 0. The van der Waals surface area contributed by atoms with Crippen LogP contribution in [0.3, 0.4) is 0 Å². The normalized spacial score (nSPS) is 10.1. The Morgan fingerprint density at radius 2 is 2.00 bits per heavy atom. The summed E-state index contributed by atoms with van der Waals surface area (Å²) in [6.07, 6.45) is 2.24. The van der Waals surface area contributed by atoms with E-state index in [-0.39, 0.29) is 0 Å². The van der Waals surface area contributed by atoms with E-state index in [9.17, 15) is 0 Å². The number of hydrogen-bond donors (Lipinski definition) is 1. The van der Waals surface area contributed by atoms with E-state index in [4.69, 9.17) is 5.26 Å². The molecule has 0 radical (unpaired) electrons. The minimum absolute atomic E-state index is 0.525. The first-order chi connectivity index (χ1) is 7.21. The van der Waals surface area contributed by atoms with Crippen molar-refractivity contribution in [2.24, 2.45) is 0 Å². The molecule has 1 rings (SSSR count). The molecule has 2 heteroatoms. The van der Waals surface area contributed by atoms with Gasteiger partial charge in [0.05, 0.1) is 11.6 Å². The summed E-state index contributed by atoms with van der Waals surface area (Å²) in [5, 5.41) is 12.3. The fourth-order valence-electron chi connectivity index (χ4n) is 1.61. The van der Waals surface area contributed by atoms with Crippen molar-refractivity contribution in [2.45, 2.75) is 39.7 Å². The molecule has 1 aromatic carbocycles. The average Bonchev–Trinajstić information content (AvgIpc) is 2.26. The van der Waals surface area contributed by atoms with Crippen molar-refractivity contribution in [2.75, 3.05) is 5.32 Å². The van der Waals surface area contributed by atoms with Crippen LogP contribution >= 0.6 is 0 Å². The topological polar surface area (TPSA) is 35.8 Å². The summed E-state index contributed by atoms with van der Waals surface area (Å²) in [5.41, 5.74) is 2.90. The average molecular weight is 202 g/mol. The summed E-state index contributed by atoms with van der Waals surface area (Å²) < 4.78 is 0. The molecule has 0 unspecified atom stereocenters. The van der Waals surface area contributed by atoms with Crippen LogP contribution in [0.5, 0.6) is 0 Å². The zero-order chi connectivity index (χ0) is 11.3. The standard InChI is InChI=1S/C13H18N2/c1-4-12(5-2)15-13-7-6-11(9-14)10(3)8-13/h6-8,12,15H,4-5H2,1-3H3. The molecular weight excluding hydrogens is 184 g/mol. The smallest absolute Gasteiger partial charge is 0.0994 e. The molecule has 80 valence electrons. The maximum absolute atomic E-state index is 8.81. The van der Waals surface area contributed by atoms with Crippen LogP contribution in [-0.4, -0.2) is 6.04 Å². The van der Waals surface area contributed by atoms with E-state index >= 15 is 0 Å². The monoisotopic (exact) mass is 202 g/mol. The van der Waals surface area contributed by atoms with Crippen molar-refractivity contribution in [3.05, 3.63) is 29.3 Å². The van der Waals surface area contributed by atoms with E-state index in [1.54, 1.807) is 0 Å². The van der Waals surface area contributed by atoms with Gasteiger partial charge in [-0.25, -0.2) is 0 Å². The number of nitrogens with zero attached hydrogens (tertiary/aromatic N) is 1. The predicted molar refractivity (Wildman–Crippen MR) is 63.9 cm³/mol. The van der Waals surface area contributed by atoms with Gasteiger partial charge < -0.3 is 5.32 Å². The van der Waals surface area contributed by atoms with Crippen LogP contribution in [0.1, 0.15) is 37.8 Å². The van der Waals surface area contributed by atoms with Gasteiger partial charge >= 0.3 is 0 Å². The zero-order valence-electron chi connectivity index (χ0n) is 9.67. The van der Waals surface area contributed by atoms with Gasteiger partial charge in [-0.15, -0.1) is 0 Å². The van der Waals surface area contributed by atoms with Gasteiger partial charge in [-0.1, -0.05) is 13.8 Å². The third kappa shape index (κ3) is 2.99. The number of rotatable bonds is 4. The molecule has 0 spiro atoms. The number of nitrogens with one attached hydrogen (secondary N) is 1. The van der Waals surface area contributed by atoms with Gasteiger partial charge in [-0.3, -0.25) is 0 Å².